The minimum absolute atomic E-state index is 0.588. The molecule has 0 aliphatic rings. The zero-order chi connectivity index (χ0) is 9.68. The Morgan fingerprint density at radius 2 is 1.92 bits per heavy atom. The number of halogens is 1. The van der Waals surface area contributed by atoms with Crippen molar-refractivity contribution in [3.63, 3.8) is 0 Å². The fraction of sp³-hybridized carbons (Fsp3) is 0.0909. The first kappa shape index (κ1) is 10.0. The molecule has 1 nitrogen and oxygen atoms in total. The number of benzene rings is 1. The molecule has 1 unspecified atom stereocenters. The van der Waals surface area contributed by atoms with Crippen molar-refractivity contribution in [2.75, 3.05) is 0 Å². The van der Waals surface area contributed by atoms with E-state index in [1.54, 1.807) is 42.5 Å². The normalized spacial score (nSPS) is 13.1. The Labute approximate surface area is 83.0 Å². The number of aliphatic hydroxyl groups is 1. The smallest absolute Gasteiger partial charge is 0.0974 e. The summed E-state index contributed by atoms with van der Waals surface area (Å²) in [6.45, 7) is 3.52. The third-order valence-corrected chi connectivity index (χ3v) is 1.89. The molecule has 0 aliphatic heterocycles. The molecule has 0 saturated heterocycles. The maximum Gasteiger partial charge on any atom is 0.0974 e. The van der Waals surface area contributed by atoms with Crippen LogP contribution in [0.4, 0.5) is 0 Å². The highest BCUT2D eigenvalue weighted by Gasteiger charge is 2.01. The highest BCUT2D eigenvalue weighted by Crippen LogP contribution is 2.17. The van der Waals surface area contributed by atoms with E-state index in [-0.39, 0.29) is 0 Å². The molecule has 0 heterocycles. The molecule has 13 heavy (non-hydrogen) atoms. The maximum absolute atomic E-state index is 9.56. The SMILES string of the molecule is C=CC=CC(O)c1ccc(Cl)cc1. The minimum atomic E-state index is -0.588. The van der Waals surface area contributed by atoms with E-state index in [1.807, 2.05) is 0 Å². The first-order valence-electron chi connectivity index (χ1n) is 3.97. The van der Waals surface area contributed by atoms with E-state index >= 15 is 0 Å². The molecule has 0 amide bonds. The molecule has 1 aromatic rings. The highest BCUT2D eigenvalue weighted by atomic mass is 35.5. The molecule has 0 aliphatic carbocycles. The van der Waals surface area contributed by atoms with E-state index in [2.05, 4.69) is 6.58 Å². The fourth-order valence-electron chi connectivity index (χ4n) is 0.955. The predicted octanol–water partition coefficient (Wildman–Crippen LogP) is 3.12. The van der Waals surface area contributed by atoms with Gasteiger partial charge in [-0.05, 0) is 17.7 Å². The molecule has 0 spiro atoms. The number of rotatable bonds is 3. The largest absolute Gasteiger partial charge is 0.384 e. The van der Waals surface area contributed by atoms with Gasteiger partial charge in [-0.25, -0.2) is 0 Å². The average molecular weight is 195 g/mol. The summed E-state index contributed by atoms with van der Waals surface area (Å²) in [6.07, 6.45) is 4.41. The van der Waals surface area contributed by atoms with E-state index in [0.717, 1.165) is 5.56 Å². The molecular formula is C11H11ClO. The second-order valence-electron chi connectivity index (χ2n) is 2.62. The summed E-state index contributed by atoms with van der Waals surface area (Å²) in [5.74, 6) is 0. The van der Waals surface area contributed by atoms with Crippen LogP contribution in [0.15, 0.2) is 49.1 Å². The molecule has 68 valence electrons. The Kier molecular flexibility index (Phi) is 3.74. The van der Waals surface area contributed by atoms with Crippen molar-refractivity contribution >= 4 is 11.6 Å². The van der Waals surface area contributed by atoms with Gasteiger partial charge in [0.05, 0.1) is 6.10 Å². The molecule has 0 saturated carbocycles. The summed E-state index contributed by atoms with van der Waals surface area (Å²) in [6, 6.07) is 7.09. The van der Waals surface area contributed by atoms with Gasteiger partial charge in [0.25, 0.3) is 0 Å². The van der Waals surface area contributed by atoms with Crippen molar-refractivity contribution in [3.8, 4) is 0 Å². The second kappa shape index (κ2) is 4.85. The molecule has 0 bridgehead atoms. The standard InChI is InChI=1S/C11H11ClO/c1-2-3-4-11(13)9-5-7-10(12)8-6-9/h2-8,11,13H,1H2. The summed E-state index contributed by atoms with van der Waals surface area (Å²) in [4.78, 5) is 0. The van der Waals surface area contributed by atoms with Crippen LogP contribution >= 0.6 is 11.6 Å². The van der Waals surface area contributed by atoms with Crippen LogP contribution in [0.5, 0.6) is 0 Å². The van der Waals surface area contributed by atoms with Gasteiger partial charge in [0.15, 0.2) is 0 Å². The zero-order valence-corrected chi connectivity index (χ0v) is 7.91. The van der Waals surface area contributed by atoms with Crippen LogP contribution in [-0.4, -0.2) is 5.11 Å². The molecule has 0 aromatic heterocycles. The van der Waals surface area contributed by atoms with Gasteiger partial charge in [0.1, 0.15) is 0 Å². The van der Waals surface area contributed by atoms with E-state index in [0.29, 0.717) is 5.02 Å². The molecule has 0 radical (unpaired) electrons. The van der Waals surface area contributed by atoms with Crippen LogP contribution in [0.3, 0.4) is 0 Å². The van der Waals surface area contributed by atoms with E-state index in [1.165, 1.54) is 0 Å². The number of allylic oxidation sites excluding steroid dienone is 2. The van der Waals surface area contributed by atoms with Crippen LogP contribution in [0.2, 0.25) is 5.02 Å². The Morgan fingerprint density at radius 3 is 2.46 bits per heavy atom. The molecule has 1 aromatic carbocycles. The minimum Gasteiger partial charge on any atom is -0.384 e. The summed E-state index contributed by atoms with van der Waals surface area (Å²) < 4.78 is 0. The lowest BCUT2D eigenvalue weighted by Crippen LogP contribution is -1.91. The molecule has 1 N–H and O–H groups in total. The van der Waals surface area contributed by atoms with E-state index in [9.17, 15) is 5.11 Å². The summed E-state index contributed by atoms with van der Waals surface area (Å²) in [5, 5.41) is 10.2. The third-order valence-electron chi connectivity index (χ3n) is 1.64. The van der Waals surface area contributed by atoms with Gasteiger partial charge >= 0.3 is 0 Å². The van der Waals surface area contributed by atoms with Crippen molar-refractivity contribution in [1.82, 2.24) is 0 Å². The second-order valence-corrected chi connectivity index (χ2v) is 3.05. The molecule has 1 atom stereocenters. The van der Waals surface area contributed by atoms with Crippen molar-refractivity contribution in [2.24, 2.45) is 0 Å². The summed E-state index contributed by atoms with van der Waals surface area (Å²) in [7, 11) is 0. The average Bonchev–Trinajstić information content (AvgIpc) is 2.15. The number of hydrogen-bond donors (Lipinski definition) is 1. The number of aliphatic hydroxyl groups excluding tert-OH is 1. The molecule has 1 rings (SSSR count). The molecule has 0 fully saturated rings. The monoisotopic (exact) mass is 194 g/mol. The van der Waals surface area contributed by atoms with Crippen LogP contribution < -0.4 is 0 Å². The Bertz CT molecular complexity index is 300. The maximum atomic E-state index is 9.56. The van der Waals surface area contributed by atoms with Gasteiger partial charge < -0.3 is 5.11 Å². The first-order chi connectivity index (χ1) is 6.24. The Morgan fingerprint density at radius 1 is 1.31 bits per heavy atom. The number of hydrogen-bond acceptors (Lipinski definition) is 1. The zero-order valence-electron chi connectivity index (χ0n) is 7.15. The Hall–Kier alpha value is -1.05. The van der Waals surface area contributed by atoms with E-state index in [4.69, 9.17) is 11.6 Å². The van der Waals surface area contributed by atoms with Crippen LogP contribution in [0, 0.1) is 0 Å². The van der Waals surface area contributed by atoms with Crippen molar-refractivity contribution in [2.45, 2.75) is 6.10 Å². The van der Waals surface area contributed by atoms with Gasteiger partial charge in [0.2, 0.25) is 0 Å². The molecule has 2 heteroatoms. The highest BCUT2D eigenvalue weighted by molar-refractivity contribution is 6.30. The van der Waals surface area contributed by atoms with Gasteiger partial charge in [-0.15, -0.1) is 0 Å². The topological polar surface area (TPSA) is 20.2 Å². The van der Waals surface area contributed by atoms with Crippen LogP contribution in [-0.2, 0) is 0 Å². The van der Waals surface area contributed by atoms with Crippen LogP contribution in [0.25, 0.3) is 0 Å². The first-order valence-corrected chi connectivity index (χ1v) is 4.34. The van der Waals surface area contributed by atoms with Gasteiger partial charge in [-0.3, -0.25) is 0 Å². The summed E-state index contributed by atoms with van der Waals surface area (Å²) in [5.41, 5.74) is 0.822. The third kappa shape index (κ3) is 3.05. The van der Waals surface area contributed by atoms with Gasteiger partial charge in [-0.2, -0.15) is 0 Å². The lowest BCUT2D eigenvalue weighted by atomic mass is 10.1. The van der Waals surface area contributed by atoms with Gasteiger partial charge in [0, 0.05) is 5.02 Å². The van der Waals surface area contributed by atoms with Crippen LogP contribution in [0.1, 0.15) is 11.7 Å². The lowest BCUT2D eigenvalue weighted by molar-refractivity contribution is 0.228. The van der Waals surface area contributed by atoms with Gasteiger partial charge in [-0.1, -0.05) is 48.5 Å². The van der Waals surface area contributed by atoms with Crippen molar-refractivity contribution in [1.29, 1.82) is 0 Å². The molecular weight excluding hydrogens is 184 g/mol. The summed E-state index contributed by atoms with van der Waals surface area (Å²) >= 11 is 5.70. The Balaban J connectivity index is 2.77. The quantitative estimate of drug-likeness (QED) is 0.734. The lowest BCUT2D eigenvalue weighted by Gasteiger charge is -2.04. The van der Waals surface area contributed by atoms with Crippen molar-refractivity contribution in [3.05, 3.63) is 59.7 Å². The van der Waals surface area contributed by atoms with E-state index < -0.39 is 6.10 Å². The fourth-order valence-corrected chi connectivity index (χ4v) is 1.08. The predicted molar refractivity (Wildman–Crippen MR) is 55.7 cm³/mol. The van der Waals surface area contributed by atoms with Crippen molar-refractivity contribution < 1.29 is 5.11 Å².